The number of pyridine rings is 1. The Balaban J connectivity index is 2.22. The van der Waals surface area contributed by atoms with Crippen molar-refractivity contribution in [1.82, 2.24) is 9.38 Å². The van der Waals surface area contributed by atoms with E-state index in [1.165, 1.54) is 10.6 Å². The molecule has 0 aliphatic rings. The molecule has 2 heterocycles. The van der Waals surface area contributed by atoms with Crippen LogP contribution >= 0.6 is 0 Å². The third-order valence-corrected chi connectivity index (χ3v) is 3.29. The fourth-order valence-corrected chi connectivity index (χ4v) is 2.24. The highest BCUT2D eigenvalue weighted by Crippen LogP contribution is 2.40. The maximum Gasteiger partial charge on any atom is 0.417 e. The van der Waals surface area contributed by atoms with Gasteiger partial charge in [0.1, 0.15) is 5.65 Å². The zero-order chi connectivity index (χ0) is 16.8. The van der Waals surface area contributed by atoms with Gasteiger partial charge in [0.2, 0.25) is 0 Å². The van der Waals surface area contributed by atoms with Crippen LogP contribution in [0.25, 0.3) is 16.9 Å². The van der Waals surface area contributed by atoms with Crippen molar-refractivity contribution in [2.24, 2.45) is 0 Å². The minimum Gasteiger partial charge on any atom is -0.306 e. The van der Waals surface area contributed by atoms with Gasteiger partial charge in [0, 0.05) is 18.0 Å². The number of rotatable bonds is 1. The summed E-state index contributed by atoms with van der Waals surface area (Å²) in [7, 11) is 0. The van der Waals surface area contributed by atoms with Gasteiger partial charge in [0.15, 0.2) is 0 Å². The monoisotopic (exact) mass is 330 g/mol. The molecule has 0 saturated carbocycles. The summed E-state index contributed by atoms with van der Waals surface area (Å²) in [6.45, 7) is 0. The highest BCUT2D eigenvalue weighted by molar-refractivity contribution is 5.67. The molecule has 3 rings (SSSR count). The fourth-order valence-electron chi connectivity index (χ4n) is 2.24. The van der Waals surface area contributed by atoms with E-state index in [1.807, 2.05) is 0 Å². The predicted octanol–water partition coefficient (Wildman–Crippen LogP) is 5.04. The summed E-state index contributed by atoms with van der Waals surface area (Å²) in [6.07, 6.45) is -6.85. The fraction of sp³-hybridized carbons (Fsp3) is 0.133. The zero-order valence-electron chi connectivity index (χ0n) is 11.3. The topological polar surface area (TPSA) is 17.3 Å². The molecule has 2 nitrogen and oxygen atoms in total. The first kappa shape index (κ1) is 15.4. The van der Waals surface area contributed by atoms with E-state index in [2.05, 4.69) is 4.98 Å². The van der Waals surface area contributed by atoms with Crippen molar-refractivity contribution in [3.63, 3.8) is 0 Å². The summed E-state index contributed by atoms with van der Waals surface area (Å²) in [6, 6.07) is 6.43. The lowest BCUT2D eigenvalue weighted by Gasteiger charge is -2.14. The molecule has 0 radical (unpaired) electrons. The second-order valence-corrected chi connectivity index (χ2v) is 4.85. The van der Waals surface area contributed by atoms with Crippen LogP contribution in [0.3, 0.4) is 0 Å². The van der Waals surface area contributed by atoms with E-state index in [9.17, 15) is 26.3 Å². The van der Waals surface area contributed by atoms with Gasteiger partial charge < -0.3 is 4.40 Å². The molecule has 0 saturated heterocycles. The van der Waals surface area contributed by atoms with Crippen LogP contribution in [0.2, 0.25) is 0 Å². The second kappa shape index (κ2) is 5.00. The molecule has 1 aromatic carbocycles. The molecule has 0 aliphatic heterocycles. The van der Waals surface area contributed by atoms with Crippen molar-refractivity contribution in [3.05, 3.63) is 59.9 Å². The van der Waals surface area contributed by atoms with Gasteiger partial charge in [-0.1, -0.05) is 12.1 Å². The minimum atomic E-state index is -4.92. The van der Waals surface area contributed by atoms with Crippen molar-refractivity contribution < 1.29 is 26.3 Å². The lowest BCUT2D eigenvalue weighted by Crippen LogP contribution is -2.12. The first-order valence-corrected chi connectivity index (χ1v) is 6.39. The highest BCUT2D eigenvalue weighted by Gasteiger charge is 2.38. The van der Waals surface area contributed by atoms with Crippen LogP contribution in [0.15, 0.2) is 48.8 Å². The summed E-state index contributed by atoms with van der Waals surface area (Å²) < 4.78 is 79.0. The lowest BCUT2D eigenvalue weighted by molar-refractivity contribution is -0.142. The third kappa shape index (κ3) is 2.88. The van der Waals surface area contributed by atoms with Crippen LogP contribution in [-0.2, 0) is 12.4 Å². The largest absolute Gasteiger partial charge is 0.417 e. The average molecular weight is 330 g/mol. The van der Waals surface area contributed by atoms with Crippen LogP contribution in [0.1, 0.15) is 11.1 Å². The summed E-state index contributed by atoms with van der Waals surface area (Å²) >= 11 is 0. The molecule has 0 unspecified atom stereocenters. The number of halogens is 6. The van der Waals surface area contributed by atoms with Crippen molar-refractivity contribution in [3.8, 4) is 11.3 Å². The third-order valence-electron chi connectivity index (χ3n) is 3.29. The molecule has 0 spiro atoms. The van der Waals surface area contributed by atoms with Crippen molar-refractivity contribution >= 4 is 5.65 Å². The zero-order valence-corrected chi connectivity index (χ0v) is 11.3. The van der Waals surface area contributed by atoms with Crippen LogP contribution in [0.4, 0.5) is 26.3 Å². The highest BCUT2D eigenvalue weighted by atomic mass is 19.4. The Kier molecular flexibility index (Phi) is 3.35. The Labute approximate surface area is 126 Å². The number of fused-ring (bicyclic) bond motifs is 1. The maximum absolute atomic E-state index is 13.2. The van der Waals surface area contributed by atoms with Crippen LogP contribution in [0.5, 0.6) is 0 Å². The smallest absolute Gasteiger partial charge is 0.306 e. The summed E-state index contributed by atoms with van der Waals surface area (Å²) in [5, 5.41) is 0. The normalized spacial score (nSPS) is 12.8. The van der Waals surface area contributed by atoms with E-state index in [0.29, 0.717) is 11.7 Å². The number of alkyl halides is 6. The SMILES string of the molecule is FC(F)(F)c1ccc(-c2cn3ccccc3n2)c(C(F)(F)F)c1. The van der Waals surface area contributed by atoms with Gasteiger partial charge in [-0.2, -0.15) is 26.3 Å². The minimum absolute atomic E-state index is 0.0442. The Morgan fingerprint density at radius 1 is 0.870 bits per heavy atom. The molecule has 0 N–H and O–H groups in total. The van der Waals surface area contributed by atoms with E-state index in [1.54, 1.807) is 24.4 Å². The van der Waals surface area contributed by atoms with E-state index in [0.717, 1.165) is 6.07 Å². The molecule has 0 bridgehead atoms. The van der Waals surface area contributed by atoms with Gasteiger partial charge in [-0.15, -0.1) is 0 Å². The Bertz CT molecular complexity index is 827. The van der Waals surface area contributed by atoms with Gasteiger partial charge in [-0.05, 0) is 24.3 Å². The first-order chi connectivity index (χ1) is 10.7. The second-order valence-electron chi connectivity index (χ2n) is 4.85. The number of aromatic nitrogens is 2. The summed E-state index contributed by atoms with van der Waals surface area (Å²) in [5.74, 6) is 0. The molecule has 120 valence electrons. The molecule has 8 heteroatoms. The molecule has 3 aromatic rings. The average Bonchev–Trinajstić information content (AvgIpc) is 2.88. The van der Waals surface area contributed by atoms with Gasteiger partial charge in [-0.3, -0.25) is 0 Å². The van der Waals surface area contributed by atoms with Gasteiger partial charge in [0.25, 0.3) is 0 Å². The van der Waals surface area contributed by atoms with E-state index in [4.69, 9.17) is 0 Å². The number of nitrogens with zero attached hydrogens (tertiary/aromatic N) is 2. The Morgan fingerprint density at radius 2 is 1.61 bits per heavy atom. The number of imidazole rings is 1. The number of hydrogen-bond acceptors (Lipinski definition) is 1. The molecule has 2 aromatic heterocycles. The Morgan fingerprint density at radius 3 is 2.22 bits per heavy atom. The quantitative estimate of drug-likeness (QED) is 0.572. The van der Waals surface area contributed by atoms with Crippen LogP contribution < -0.4 is 0 Å². The molecule has 23 heavy (non-hydrogen) atoms. The van der Waals surface area contributed by atoms with E-state index >= 15 is 0 Å². The molecule has 0 fully saturated rings. The molecule has 0 amide bonds. The molecular weight excluding hydrogens is 322 g/mol. The summed E-state index contributed by atoms with van der Waals surface area (Å²) in [5.41, 5.74) is -2.75. The summed E-state index contributed by atoms with van der Waals surface area (Å²) in [4.78, 5) is 4.03. The predicted molar refractivity (Wildman–Crippen MR) is 70.6 cm³/mol. The van der Waals surface area contributed by atoms with Crippen molar-refractivity contribution in [1.29, 1.82) is 0 Å². The first-order valence-electron chi connectivity index (χ1n) is 6.39. The number of benzene rings is 1. The van der Waals surface area contributed by atoms with Crippen molar-refractivity contribution in [2.75, 3.05) is 0 Å². The van der Waals surface area contributed by atoms with Gasteiger partial charge >= 0.3 is 12.4 Å². The van der Waals surface area contributed by atoms with E-state index < -0.39 is 29.0 Å². The molecule has 0 aliphatic carbocycles. The van der Waals surface area contributed by atoms with Gasteiger partial charge in [-0.25, -0.2) is 4.98 Å². The number of hydrogen-bond donors (Lipinski definition) is 0. The van der Waals surface area contributed by atoms with Crippen LogP contribution in [-0.4, -0.2) is 9.38 Å². The van der Waals surface area contributed by atoms with Crippen LogP contribution in [0, 0.1) is 0 Å². The lowest BCUT2D eigenvalue weighted by atomic mass is 10.0. The Hall–Kier alpha value is -2.51. The van der Waals surface area contributed by atoms with Crippen molar-refractivity contribution in [2.45, 2.75) is 12.4 Å². The standard InChI is InChI=1S/C15H8F6N2/c16-14(17,18)9-4-5-10(11(7-9)15(19,20)21)12-8-23-6-2-1-3-13(23)22-12/h1-8H. The van der Waals surface area contributed by atoms with Gasteiger partial charge in [0.05, 0.1) is 16.8 Å². The molecular formula is C15H8F6N2. The molecule has 0 atom stereocenters. The maximum atomic E-state index is 13.2. The van der Waals surface area contributed by atoms with E-state index in [-0.39, 0.29) is 11.8 Å².